The fourth-order valence-corrected chi connectivity index (χ4v) is 3.35. The Morgan fingerprint density at radius 1 is 1.17 bits per heavy atom. The van der Waals surface area contributed by atoms with Gasteiger partial charge in [0.2, 0.25) is 0 Å². The van der Waals surface area contributed by atoms with Crippen LogP contribution in [0.5, 0.6) is 0 Å². The average molecular weight is 344 g/mol. The van der Waals surface area contributed by atoms with Gasteiger partial charge in [-0.25, -0.2) is 0 Å². The number of nitrogens with one attached hydrogen (secondary N) is 1. The Bertz CT molecular complexity index is 669. The maximum absolute atomic E-state index is 13.2. The van der Waals surface area contributed by atoms with Gasteiger partial charge in [0.15, 0.2) is 0 Å². The number of amides is 1. The van der Waals surface area contributed by atoms with E-state index in [0.29, 0.717) is 17.1 Å². The minimum absolute atomic E-state index is 0.0156. The van der Waals surface area contributed by atoms with Crippen LogP contribution >= 0.6 is 11.6 Å². The third-order valence-electron chi connectivity index (χ3n) is 4.41. The molecule has 3 rings (SSSR count). The number of aromatic nitrogens is 1. The summed E-state index contributed by atoms with van der Waals surface area (Å²) >= 11 is 6.26. The Morgan fingerprint density at radius 3 is 2.79 bits per heavy atom. The van der Waals surface area contributed by atoms with Crippen LogP contribution in [-0.2, 0) is 6.54 Å². The molecule has 4 nitrogen and oxygen atoms in total. The first-order valence-electron chi connectivity index (χ1n) is 8.42. The lowest BCUT2D eigenvalue weighted by atomic mass is 10.0. The number of carbonyl (C=O) groups excluding carboxylic acids is 1. The van der Waals surface area contributed by atoms with E-state index in [2.05, 4.69) is 10.3 Å². The van der Waals surface area contributed by atoms with Crippen LogP contribution in [0.3, 0.4) is 0 Å². The SMILES string of the molecule is O=C(c1ccccc1Cl)N(Cc1ccccn1)[C@H]1CCCNCC1. The molecule has 126 valence electrons. The van der Waals surface area contributed by atoms with Gasteiger partial charge in [0.05, 0.1) is 22.8 Å². The van der Waals surface area contributed by atoms with Gasteiger partial charge < -0.3 is 10.2 Å². The van der Waals surface area contributed by atoms with E-state index in [0.717, 1.165) is 38.0 Å². The van der Waals surface area contributed by atoms with Gasteiger partial charge in [-0.3, -0.25) is 9.78 Å². The number of pyridine rings is 1. The van der Waals surface area contributed by atoms with Crippen molar-refractivity contribution in [3.05, 3.63) is 64.9 Å². The first-order chi connectivity index (χ1) is 11.8. The molecule has 1 amide bonds. The smallest absolute Gasteiger partial charge is 0.255 e. The lowest BCUT2D eigenvalue weighted by Crippen LogP contribution is -2.40. The van der Waals surface area contributed by atoms with E-state index in [-0.39, 0.29) is 11.9 Å². The predicted octanol–water partition coefficient (Wildman–Crippen LogP) is 3.52. The van der Waals surface area contributed by atoms with Crippen LogP contribution in [0.1, 0.15) is 35.3 Å². The molecule has 1 saturated heterocycles. The highest BCUT2D eigenvalue weighted by Crippen LogP contribution is 2.23. The number of carbonyl (C=O) groups is 1. The normalized spacial score (nSPS) is 18.0. The molecule has 0 aliphatic carbocycles. The van der Waals surface area contributed by atoms with Crippen molar-refractivity contribution in [2.75, 3.05) is 13.1 Å². The van der Waals surface area contributed by atoms with E-state index in [4.69, 9.17) is 11.6 Å². The zero-order valence-corrected chi connectivity index (χ0v) is 14.4. The predicted molar refractivity (Wildman–Crippen MR) is 96.1 cm³/mol. The summed E-state index contributed by atoms with van der Waals surface area (Å²) in [6, 6.07) is 13.3. The number of rotatable bonds is 4. The number of nitrogens with zero attached hydrogens (tertiary/aromatic N) is 2. The molecule has 0 unspecified atom stereocenters. The summed E-state index contributed by atoms with van der Waals surface area (Å²) in [5, 5.41) is 3.91. The van der Waals surface area contributed by atoms with Gasteiger partial charge >= 0.3 is 0 Å². The van der Waals surface area contributed by atoms with Crippen molar-refractivity contribution < 1.29 is 4.79 Å². The van der Waals surface area contributed by atoms with E-state index in [1.54, 1.807) is 18.3 Å². The van der Waals surface area contributed by atoms with Crippen LogP contribution in [0.4, 0.5) is 0 Å². The second-order valence-electron chi connectivity index (χ2n) is 6.07. The second-order valence-corrected chi connectivity index (χ2v) is 6.48. The molecule has 1 fully saturated rings. The van der Waals surface area contributed by atoms with Gasteiger partial charge in [0.25, 0.3) is 5.91 Å². The van der Waals surface area contributed by atoms with Gasteiger partial charge in [-0.2, -0.15) is 0 Å². The van der Waals surface area contributed by atoms with Crippen LogP contribution in [-0.4, -0.2) is 34.9 Å². The van der Waals surface area contributed by atoms with Crippen molar-refractivity contribution in [2.24, 2.45) is 0 Å². The molecule has 0 saturated carbocycles. The third kappa shape index (κ3) is 4.13. The van der Waals surface area contributed by atoms with Crippen molar-refractivity contribution in [3.63, 3.8) is 0 Å². The van der Waals surface area contributed by atoms with Gasteiger partial charge in [-0.1, -0.05) is 29.8 Å². The topological polar surface area (TPSA) is 45.2 Å². The van der Waals surface area contributed by atoms with Crippen LogP contribution in [0.25, 0.3) is 0 Å². The molecular weight excluding hydrogens is 322 g/mol. The first-order valence-corrected chi connectivity index (χ1v) is 8.79. The fourth-order valence-electron chi connectivity index (χ4n) is 3.13. The van der Waals surface area contributed by atoms with Crippen molar-refractivity contribution in [3.8, 4) is 0 Å². The maximum Gasteiger partial charge on any atom is 0.255 e. The molecule has 0 radical (unpaired) electrons. The maximum atomic E-state index is 13.2. The molecule has 2 aromatic rings. The Kier molecular flexibility index (Phi) is 5.83. The van der Waals surface area contributed by atoms with E-state index < -0.39 is 0 Å². The highest BCUT2D eigenvalue weighted by Gasteiger charge is 2.27. The van der Waals surface area contributed by atoms with Gasteiger partial charge in [0.1, 0.15) is 0 Å². The van der Waals surface area contributed by atoms with E-state index >= 15 is 0 Å². The highest BCUT2D eigenvalue weighted by atomic mass is 35.5. The third-order valence-corrected chi connectivity index (χ3v) is 4.74. The van der Waals surface area contributed by atoms with Crippen LogP contribution in [0.2, 0.25) is 5.02 Å². The lowest BCUT2D eigenvalue weighted by molar-refractivity contribution is 0.0642. The molecule has 1 aromatic carbocycles. The van der Waals surface area contributed by atoms with Crippen molar-refractivity contribution in [1.82, 2.24) is 15.2 Å². The quantitative estimate of drug-likeness (QED) is 0.923. The number of benzene rings is 1. The van der Waals surface area contributed by atoms with Gasteiger partial charge in [-0.15, -0.1) is 0 Å². The summed E-state index contributed by atoms with van der Waals surface area (Å²) < 4.78 is 0. The Labute approximate surface area is 147 Å². The number of hydrogen-bond acceptors (Lipinski definition) is 3. The van der Waals surface area contributed by atoms with E-state index in [1.165, 1.54) is 0 Å². The molecule has 1 atom stereocenters. The summed E-state index contributed by atoms with van der Waals surface area (Å²) in [6.45, 7) is 2.45. The van der Waals surface area contributed by atoms with Crippen LogP contribution in [0, 0.1) is 0 Å². The monoisotopic (exact) mass is 343 g/mol. The molecule has 2 heterocycles. The van der Waals surface area contributed by atoms with Crippen LogP contribution < -0.4 is 5.32 Å². The number of hydrogen-bond donors (Lipinski definition) is 1. The molecule has 1 aliphatic heterocycles. The van der Waals surface area contributed by atoms with Crippen molar-refractivity contribution in [2.45, 2.75) is 31.8 Å². The average Bonchev–Trinajstić information content (AvgIpc) is 2.90. The van der Waals surface area contributed by atoms with Gasteiger partial charge in [-0.05, 0) is 56.6 Å². The molecule has 24 heavy (non-hydrogen) atoms. The minimum atomic E-state index is -0.0156. The summed E-state index contributed by atoms with van der Waals surface area (Å²) in [4.78, 5) is 19.5. The molecule has 1 aliphatic rings. The summed E-state index contributed by atoms with van der Waals surface area (Å²) in [7, 11) is 0. The molecule has 0 spiro atoms. The number of halogens is 1. The summed E-state index contributed by atoms with van der Waals surface area (Å²) in [5.41, 5.74) is 1.46. The van der Waals surface area contributed by atoms with Crippen molar-refractivity contribution in [1.29, 1.82) is 0 Å². The molecule has 5 heteroatoms. The zero-order valence-electron chi connectivity index (χ0n) is 13.6. The standard InChI is InChI=1S/C19H22ClN3O/c20-18-9-2-1-8-17(18)19(24)23(14-15-6-3-4-12-22-15)16-7-5-11-21-13-10-16/h1-4,6,8-9,12,16,21H,5,7,10-11,13-14H2/t16-/m0/s1. The highest BCUT2D eigenvalue weighted by molar-refractivity contribution is 6.33. The summed E-state index contributed by atoms with van der Waals surface area (Å²) in [5.74, 6) is -0.0156. The van der Waals surface area contributed by atoms with E-state index in [1.807, 2.05) is 35.2 Å². The largest absolute Gasteiger partial charge is 0.330 e. The first kappa shape index (κ1) is 16.9. The molecular formula is C19H22ClN3O. The Hall–Kier alpha value is -1.91. The molecule has 0 bridgehead atoms. The lowest BCUT2D eigenvalue weighted by Gasteiger charge is -2.31. The summed E-state index contributed by atoms with van der Waals surface area (Å²) in [6.07, 6.45) is 4.78. The van der Waals surface area contributed by atoms with Gasteiger partial charge in [0, 0.05) is 12.2 Å². The van der Waals surface area contributed by atoms with E-state index in [9.17, 15) is 4.79 Å². The van der Waals surface area contributed by atoms with Crippen LogP contribution in [0.15, 0.2) is 48.7 Å². The fraction of sp³-hybridized carbons (Fsp3) is 0.368. The minimum Gasteiger partial charge on any atom is -0.330 e. The Balaban J connectivity index is 1.88. The molecule has 1 N–H and O–H groups in total. The van der Waals surface area contributed by atoms with Crippen molar-refractivity contribution >= 4 is 17.5 Å². The Morgan fingerprint density at radius 2 is 2.00 bits per heavy atom. The molecule has 1 aromatic heterocycles. The second kappa shape index (κ2) is 8.27. The zero-order chi connectivity index (χ0) is 16.8.